The van der Waals surface area contributed by atoms with Gasteiger partial charge in [0.05, 0.1) is 11.4 Å². The Labute approximate surface area is 92.6 Å². The Bertz CT molecular complexity index is 485. The fourth-order valence-corrected chi connectivity index (χ4v) is 1.85. The Kier molecular flexibility index (Phi) is 3.64. The van der Waals surface area contributed by atoms with Crippen molar-refractivity contribution in [3.63, 3.8) is 0 Å². The van der Waals surface area contributed by atoms with E-state index in [9.17, 15) is 22.3 Å². The summed E-state index contributed by atoms with van der Waals surface area (Å²) >= 11 is 0. The summed E-state index contributed by atoms with van der Waals surface area (Å²) in [7, 11) is -3.52. The highest BCUT2D eigenvalue weighted by molar-refractivity contribution is 7.91. The van der Waals surface area contributed by atoms with E-state index in [4.69, 9.17) is 0 Å². The van der Waals surface area contributed by atoms with Crippen molar-refractivity contribution in [1.29, 1.82) is 0 Å². The molecular formula is C10H12F2O3S. The number of hydrogen-bond donors (Lipinski definition) is 1. The zero-order valence-corrected chi connectivity index (χ0v) is 9.63. The lowest BCUT2D eigenvalue weighted by molar-refractivity contribution is 0.170. The molecule has 1 N–H and O–H groups in total. The normalized spacial score (nSPS) is 15.8. The Morgan fingerprint density at radius 1 is 1.31 bits per heavy atom. The topological polar surface area (TPSA) is 54.4 Å². The molecule has 0 aliphatic carbocycles. The lowest BCUT2D eigenvalue weighted by Crippen LogP contribution is -2.25. The monoisotopic (exact) mass is 250 g/mol. The predicted molar refractivity (Wildman–Crippen MR) is 55.6 cm³/mol. The molecule has 16 heavy (non-hydrogen) atoms. The van der Waals surface area contributed by atoms with E-state index in [1.807, 2.05) is 0 Å². The second-order valence-corrected chi connectivity index (χ2v) is 6.03. The molecule has 90 valence electrons. The molecule has 1 aromatic rings. The number of halogens is 2. The molecule has 0 aliphatic rings. The molecule has 0 saturated carbocycles. The highest BCUT2D eigenvalue weighted by Gasteiger charge is 2.28. The van der Waals surface area contributed by atoms with Crippen molar-refractivity contribution in [3.05, 3.63) is 35.4 Å². The van der Waals surface area contributed by atoms with Crippen LogP contribution in [0.1, 0.15) is 18.6 Å². The summed E-state index contributed by atoms with van der Waals surface area (Å²) in [5.41, 5.74) is -0.349. The van der Waals surface area contributed by atoms with E-state index in [1.54, 1.807) is 0 Å². The first-order valence-corrected chi connectivity index (χ1v) is 6.51. The van der Waals surface area contributed by atoms with Crippen molar-refractivity contribution in [1.82, 2.24) is 0 Å². The maximum Gasteiger partial charge on any atom is 0.164 e. The van der Waals surface area contributed by atoms with E-state index in [1.165, 1.54) is 13.0 Å². The number of aliphatic hydroxyl groups excluding tert-OH is 1. The quantitative estimate of drug-likeness (QED) is 0.883. The third kappa shape index (κ3) is 2.56. The van der Waals surface area contributed by atoms with Gasteiger partial charge in [-0.2, -0.15) is 0 Å². The predicted octanol–water partition coefficient (Wildman–Crippen LogP) is 1.43. The second kappa shape index (κ2) is 4.47. The first kappa shape index (κ1) is 13.1. The number of sulfone groups is 1. The van der Waals surface area contributed by atoms with Crippen molar-refractivity contribution in [2.24, 2.45) is 0 Å². The van der Waals surface area contributed by atoms with Crippen molar-refractivity contribution < 1.29 is 22.3 Å². The summed E-state index contributed by atoms with van der Waals surface area (Å²) in [6.07, 6.45) is -0.649. The molecular weight excluding hydrogens is 238 g/mol. The molecule has 0 aliphatic heterocycles. The highest BCUT2D eigenvalue weighted by Crippen LogP contribution is 2.25. The smallest absolute Gasteiger partial charge is 0.164 e. The minimum atomic E-state index is -3.52. The second-order valence-electron chi connectivity index (χ2n) is 3.62. The van der Waals surface area contributed by atoms with Crippen LogP contribution < -0.4 is 0 Å². The zero-order valence-electron chi connectivity index (χ0n) is 8.81. The van der Waals surface area contributed by atoms with Gasteiger partial charge in [0.2, 0.25) is 0 Å². The molecule has 3 nitrogen and oxygen atoms in total. The van der Waals surface area contributed by atoms with Gasteiger partial charge in [0.1, 0.15) is 0 Å². The van der Waals surface area contributed by atoms with Gasteiger partial charge in [0.25, 0.3) is 0 Å². The summed E-state index contributed by atoms with van der Waals surface area (Å²) in [6.45, 7) is 1.24. The number of benzene rings is 1. The van der Waals surface area contributed by atoms with Crippen LogP contribution in [-0.4, -0.2) is 25.0 Å². The molecule has 0 bridgehead atoms. The minimum absolute atomic E-state index is 0.349. The average Bonchev–Trinajstić information content (AvgIpc) is 2.18. The van der Waals surface area contributed by atoms with Crippen molar-refractivity contribution in [2.75, 3.05) is 6.26 Å². The fraction of sp³-hybridized carbons (Fsp3) is 0.400. The standard InChI is InChI=1S/C10H12F2O3S/c1-6(16(2,14)15)10(13)7-4-3-5-8(11)9(7)12/h3-6,10,13H,1-2H3. The molecule has 0 saturated heterocycles. The van der Waals surface area contributed by atoms with Crippen molar-refractivity contribution >= 4 is 9.84 Å². The third-order valence-electron chi connectivity index (χ3n) is 2.42. The summed E-state index contributed by atoms with van der Waals surface area (Å²) in [5.74, 6) is -2.33. The number of hydrogen-bond acceptors (Lipinski definition) is 3. The minimum Gasteiger partial charge on any atom is -0.387 e. The Morgan fingerprint density at radius 3 is 2.38 bits per heavy atom. The number of aliphatic hydroxyl groups is 1. The summed E-state index contributed by atoms with van der Waals surface area (Å²) in [6, 6.07) is 3.27. The van der Waals surface area contributed by atoms with E-state index in [0.29, 0.717) is 0 Å². The molecule has 0 fully saturated rings. The molecule has 0 amide bonds. The van der Waals surface area contributed by atoms with Gasteiger partial charge >= 0.3 is 0 Å². The highest BCUT2D eigenvalue weighted by atomic mass is 32.2. The van der Waals surface area contributed by atoms with Crippen LogP contribution in [0.25, 0.3) is 0 Å². The largest absolute Gasteiger partial charge is 0.387 e. The van der Waals surface area contributed by atoms with Crippen LogP contribution >= 0.6 is 0 Å². The van der Waals surface area contributed by atoms with Gasteiger partial charge in [-0.1, -0.05) is 12.1 Å². The maximum atomic E-state index is 13.3. The van der Waals surface area contributed by atoms with Crippen LogP contribution in [-0.2, 0) is 9.84 Å². The van der Waals surface area contributed by atoms with Gasteiger partial charge in [0, 0.05) is 11.8 Å². The molecule has 0 spiro atoms. The molecule has 0 heterocycles. The Morgan fingerprint density at radius 2 is 1.88 bits per heavy atom. The molecule has 1 aromatic carbocycles. The van der Waals surface area contributed by atoms with E-state index < -0.39 is 32.8 Å². The van der Waals surface area contributed by atoms with Gasteiger partial charge in [-0.3, -0.25) is 0 Å². The van der Waals surface area contributed by atoms with Crippen LogP contribution in [0.5, 0.6) is 0 Å². The van der Waals surface area contributed by atoms with Crippen LogP contribution in [0.4, 0.5) is 8.78 Å². The summed E-state index contributed by atoms with van der Waals surface area (Å²) in [4.78, 5) is 0. The Balaban J connectivity index is 3.15. The molecule has 2 atom stereocenters. The zero-order chi connectivity index (χ0) is 12.5. The average molecular weight is 250 g/mol. The Hall–Kier alpha value is -1.01. The van der Waals surface area contributed by atoms with Gasteiger partial charge in [-0.25, -0.2) is 17.2 Å². The molecule has 1 rings (SSSR count). The molecule has 0 aromatic heterocycles. The third-order valence-corrected chi connectivity index (χ3v) is 4.03. The maximum absolute atomic E-state index is 13.3. The van der Waals surface area contributed by atoms with E-state index >= 15 is 0 Å². The fourth-order valence-electron chi connectivity index (χ4n) is 1.24. The van der Waals surface area contributed by atoms with Crippen molar-refractivity contribution in [2.45, 2.75) is 18.3 Å². The van der Waals surface area contributed by atoms with E-state index in [2.05, 4.69) is 0 Å². The van der Waals surface area contributed by atoms with Crippen LogP contribution in [0.3, 0.4) is 0 Å². The number of rotatable bonds is 3. The van der Waals surface area contributed by atoms with Gasteiger partial charge in [-0.05, 0) is 13.0 Å². The van der Waals surface area contributed by atoms with Crippen LogP contribution in [0.2, 0.25) is 0 Å². The lowest BCUT2D eigenvalue weighted by atomic mass is 10.1. The van der Waals surface area contributed by atoms with Gasteiger partial charge in [0.15, 0.2) is 21.5 Å². The van der Waals surface area contributed by atoms with Gasteiger partial charge in [-0.15, -0.1) is 0 Å². The van der Waals surface area contributed by atoms with Gasteiger partial charge < -0.3 is 5.11 Å². The van der Waals surface area contributed by atoms with Crippen LogP contribution in [0.15, 0.2) is 18.2 Å². The lowest BCUT2D eigenvalue weighted by Gasteiger charge is -2.18. The molecule has 2 unspecified atom stereocenters. The van der Waals surface area contributed by atoms with Crippen LogP contribution in [0, 0.1) is 11.6 Å². The molecule has 0 radical (unpaired) electrons. The van der Waals surface area contributed by atoms with E-state index in [-0.39, 0.29) is 5.56 Å². The SMILES string of the molecule is CC(C(O)c1cccc(F)c1F)S(C)(=O)=O. The molecule has 6 heteroatoms. The van der Waals surface area contributed by atoms with E-state index in [0.717, 1.165) is 18.4 Å². The summed E-state index contributed by atoms with van der Waals surface area (Å²) in [5, 5.41) is 8.45. The first-order valence-electron chi connectivity index (χ1n) is 4.56. The van der Waals surface area contributed by atoms with Crippen molar-refractivity contribution in [3.8, 4) is 0 Å². The summed E-state index contributed by atoms with van der Waals surface area (Å²) < 4.78 is 48.5. The first-order chi connectivity index (χ1) is 7.25.